The fourth-order valence-electron chi connectivity index (χ4n) is 2.40. The monoisotopic (exact) mass is 306 g/mol. The molecule has 5 nitrogen and oxygen atoms in total. The van der Waals surface area contributed by atoms with E-state index in [0.29, 0.717) is 31.3 Å². The number of carbonyl (C=O) groups is 1. The van der Waals surface area contributed by atoms with Gasteiger partial charge in [0.25, 0.3) is 0 Å². The van der Waals surface area contributed by atoms with Gasteiger partial charge in [-0.3, -0.25) is 4.79 Å². The van der Waals surface area contributed by atoms with Crippen LogP contribution in [-0.4, -0.2) is 41.6 Å². The number of rotatable bonds is 3. The van der Waals surface area contributed by atoms with Crippen molar-refractivity contribution in [3.8, 4) is 10.8 Å². The summed E-state index contributed by atoms with van der Waals surface area (Å²) in [5.41, 5.74) is 0.725. The summed E-state index contributed by atoms with van der Waals surface area (Å²) in [6.07, 6.45) is 0.385. The predicted molar refractivity (Wildman–Crippen MR) is 80.3 cm³/mol. The molecule has 0 unspecified atom stereocenters. The first-order valence-electron chi connectivity index (χ1n) is 7.03. The van der Waals surface area contributed by atoms with Crippen LogP contribution in [0.1, 0.15) is 18.4 Å². The van der Waals surface area contributed by atoms with Gasteiger partial charge in [0.15, 0.2) is 0 Å². The lowest BCUT2D eigenvalue weighted by Crippen LogP contribution is -2.45. The Labute approximate surface area is 127 Å². The summed E-state index contributed by atoms with van der Waals surface area (Å²) in [4.78, 5) is 19.6. The van der Waals surface area contributed by atoms with Crippen molar-refractivity contribution in [3.63, 3.8) is 0 Å². The molecule has 1 aliphatic heterocycles. The Morgan fingerprint density at radius 2 is 2.43 bits per heavy atom. The zero-order chi connectivity index (χ0) is 14.8. The average molecular weight is 306 g/mol. The summed E-state index contributed by atoms with van der Waals surface area (Å²) in [5.74, 6) is 1.40. The Hall–Kier alpha value is -1.66. The highest BCUT2D eigenvalue weighted by atomic mass is 32.1. The van der Waals surface area contributed by atoms with Crippen LogP contribution in [0.2, 0.25) is 0 Å². The first-order valence-corrected chi connectivity index (χ1v) is 7.91. The lowest BCUT2D eigenvalue weighted by atomic mass is 10.2. The topological polar surface area (TPSA) is 55.6 Å². The Morgan fingerprint density at radius 3 is 3.14 bits per heavy atom. The van der Waals surface area contributed by atoms with Crippen molar-refractivity contribution >= 4 is 17.2 Å². The van der Waals surface area contributed by atoms with Gasteiger partial charge in [-0.15, -0.1) is 11.3 Å². The Balaban J connectivity index is 1.71. The SMILES string of the molecule is Cc1oc(-c2cccs2)nc1CC(=O)N1CCO[C@H](C)C1. The van der Waals surface area contributed by atoms with Crippen LogP contribution in [0, 0.1) is 6.92 Å². The van der Waals surface area contributed by atoms with Crippen LogP contribution in [0.25, 0.3) is 10.8 Å². The summed E-state index contributed by atoms with van der Waals surface area (Å²) in [5, 5.41) is 1.98. The fraction of sp³-hybridized carbons (Fsp3) is 0.467. The highest BCUT2D eigenvalue weighted by Crippen LogP contribution is 2.26. The van der Waals surface area contributed by atoms with Crippen LogP contribution in [0.3, 0.4) is 0 Å². The number of amides is 1. The highest BCUT2D eigenvalue weighted by Gasteiger charge is 2.23. The molecule has 112 valence electrons. The smallest absolute Gasteiger partial charge is 0.236 e. The molecule has 0 N–H and O–H groups in total. The molecule has 1 saturated heterocycles. The first-order chi connectivity index (χ1) is 10.1. The molecule has 0 spiro atoms. The largest absolute Gasteiger partial charge is 0.440 e. The molecule has 1 aliphatic rings. The lowest BCUT2D eigenvalue weighted by molar-refractivity contribution is -0.137. The summed E-state index contributed by atoms with van der Waals surface area (Å²) in [6.45, 7) is 5.74. The van der Waals surface area contributed by atoms with Gasteiger partial charge in [-0.05, 0) is 25.3 Å². The normalized spacial score (nSPS) is 19.0. The minimum atomic E-state index is 0.0827. The van der Waals surface area contributed by atoms with E-state index < -0.39 is 0 Å². The zero-order valence-corrected chi connectivity index (χ0v) is 13.0. The number of thiophene rings is 1. The third-order valence-electron chi connectivity index (χ3n) is 3.54. The molecule has 21 heavy (non-hydrogen) atoms. The minimum Gasteiger partial charge on any atom is -0.440 e. The van der Waals surface area contributed by atoms with Gasteiger partial charge in [0, 0.05) is 13.1 Å². The van der Waals surface area contributed by atoms with Crippen LogP contribution in [0.15, 0.2) is 21.9 Å². The van der Waals surface area contributed by atoms with Gasteiger partial charge in [0.05, 0.1) is 29.7 Å². The summed E-state index contributed by atoms with van der Waals surface area (Å²) in [7, 11) is 0. The molecule has 1 atom stereocenters. The predicted octanol–water partition coefficient (Wildman–Crippen LogP) is 2.50. The van der Waals surface area contributed by atoms with Gasteiger partial charge in [-0.25, -0.2) is 4.98 Å². The van der Waals surface area contributed by atoms with E-state index in [-0.39, 0.29) is 18.4 Å². The Kier molecular flexibility index (Phi) is 4.07. The van der Waals surface area contributed by atoms with Crippen molar-refractivity contribution < 1.29 is 13.9 Å². The van der Waals surface area contributed by atoms with Crippen molar-refractivity contribution in [1.29, 1.82) is 0 Å². The number of carbonyl (C=O) groups excluding carboxylic acids is 1. The Bertz CT molecular complexity index is 621. The molecule has 2 aromatic heterocycles. The van der Waals surface area contributed by atoms with Gasteiger partial charge in [0.2, 0.25) is 11.8 Å². The molecule has 1 amide bonds. The van der Waals surface area contributed by atoms with Crippen LogP contribution < -0.4 is 0 Å². The molecule has 6 heteroatoms. The second kappa shape index (κ2) is 5.99. The second-order valence-electron chi connectivity index (χ2n) is 5.20. The number of aryl methyl sites for hydroxylation is 1. The molecule has 0 aromatic carbocycles. The van der Waals surface area contributed by atoms with Gasteiger partial charge < -0.3 is 14.1 Å². The molecule has 0 bridgehead atoms. The molecule has 0 saturated carbocycles. The van der Waals surface area contributed by atoms with Crippen molar-refractivity contribution in [2.75, 3.05) is 19.7 Å². The standard InChI is InChI=1S/C15H18N2O3S/c1-10-9-17(5-6-19-10)14(18)8-12-11(2)20-15(16-12)13-4-3-7-21-13/h3-4,7,10H,5-6,8-9H2,1-2H3/t10-/m1/s1. The maximum Gasteiger partial charge on any atom is 0.236 e. The van der Waals surface area contributed by atoms with Crippen molar-refractivity contribution in [2.24, 2.45) is 0 Å². The number of oxazole rings is 1. The third-order valence-corrected chi connectivity index (χ3v) is 4.39. The van der Waals surface area contributed by atoms with Gasteiger partial charge in [-0.1, -0.05) is 6.07 Å². The van der Waals surface area contributed by atoms with Crippen molar-refractivity contribution in [1.82, 2.24) is 9.88 Å². The van der Waals surface area contributed by atoms with Gasteiger partial charge >= 0.3 is 0 Å². The maximum absolute atomic E-state index is 12.4. The van der Waals surface area contributed by atoms with E-state index in [1.807, 2.05) is 36.3 Å². The second-order valence-corrected chi connectivity index (χ2v) is 6.14. The molecular formula is C15H18N2O3S. The van der Waals surface area contributed by atoms with Crippen LogP contribution in [0.5, 0.6) is 0 Å². The molecule has 0 aliphatic carbocycles. The number of hydrogen-bond acceptors (Lipinski definition) is 5. The van der Waals surface area contributed by atoms with E-state index >= 15 is 0 Å². The number of morpholine rings is 1. The number of ether oxygens (including phenoxy) is 1. The number of hydrogen-bond donors (Lipinski definition) is 0. The summed E-state index contributed by atoms with van der Waals surface area (Å²) >= 11 is 1.58. The van der Waals surface area contributed by atoms with E-state index in [4.69, 9.17) is 9.15 Å². The van der Waals surface area contributed by atoms with Crippen molar-refractivity contribution in [3.05, 3.63) is 29.0 Å². The molecule has 3 heterocycles. The van der Waals surface area contributed by atoms with E-state index in [2.05, 4.69) is 4.98 Å². The minimum absolute atomic E-state index is 0.0827. The fourth-order valence-corrected chi connectivity index (χ4v) is 3.05. The van der Waals surface area contributed by atoms with Gasteiger partial charge in [0.1, 0.15) is 5.76 Å². The van der Waals surface area contributed by atoms with E-state index in [9.17, 15) is 4.79 Å². The first kappa shape index (κ1) is 14.3. The van der Waals surface area contributed by atoms with Crippen LogP contribution in [0.4, 0.5) is 0 Å². The van der Waals surface area contributed by atoms with Crippen molar-refractivity contribution in [2.45, 2.75) is 26.4 Å². The zero-order valence-electron chi connectivity index (χ0n) is 12.2. The average Bonchev–Trinajstić information content (AvgIpc) is 3.09. The maximum atomic E-state index is 12.4. The molecule has 2 aromatic rings. The van der Waals surface area contributed by atoms with Gasteiger partial charge in [-0.2, -0.15) is 0 Å². The van der Waals surface area contributed by atoms with Crippen LogP contribution >= 0.6 is 11.3 Å². The van der Waals surface area contributed by atoms with Crippen LogP contribution in [-0.2, 0) is 16.0 Å². The Morgan fingerprint density at radius 1 is 1.57 bits per heavy atom. The molecule has 0 radical (unpaired) electrons. The number of aromatic nitrogens is 1. The molecular weight excluding hydrogens is 288 g/mol. The quantitative estimate of drug-likeness (QED) is 0.874. The molecule has 1 fully saturated rings. The molecule has 3 rings (SSSR count). The highest BCUT2D eigenvalue weighted by molar-refractivity contribution is 7.13. The summed E-state index contributed by atoms with van der Waals surface area (Å²) < 4.78 is 11.1. The van der Waals surface area contributed by atoms with E-state index in [1.165, 1.54) is 0 Å². The van der Waals surface area contributed by atoms with E-state index in [0.717, 1.165) is 10.6 Å². The lowest BCUT2D eigenvalue weighted by Gasteiger charge is -2.31. The van der Waals surface area contributed by atoms with E-state index in [1.54, 1.807) is 11.3 Å². The number of nitrogens with zero attached hydrogens (tertiary/aromatic N) is 2. The summed E-state index contributed by atoms with van der Waals surface area (Å²) in [6, 6.07) is 3.92. The third kappa shape index (κ3) is 3.16.